The summed E-state index contributed by atoms with van der Waals surface area (Å²) in [6.07, 6.45) is -0.207. The summed E-state index contributed by atoms with van der Waals surface area (Å²) < 4.78 is 6.38. The number of nitrogens with one attached hydrogen (secondary N) is 1. The van der Waals surface area contributed by atoms with Crippen molar-refractivity contribution in [2.45, 2.75) is 31.6 Å². The largest absolute Gasteiger partial charge is 0.445 e. The molecule has 1 amide bonds. The molecule has 0 radical (unpaired) electrons. The number of alkyl carbamates (subject to hydrolysis) is 1. The zero-order valence-corrected chi connectivity index (χ0v) is 17.8. The number of thiazole rings is 1. The molecule has 6 heteroatoms. The molecule has 0 fully saturated rings. The fourth-order valence-electron chi connectivity index (χ4n) is 3.38. The monoisotopic (exact) mass is 432 g/mol. The van der Waals surface area contributed by atoms with E-state index in [-0.39, 0.29) is 6.61 Å². The molecule has 1 aromatic heterocycles. The number of aliphatic hydroxyl groups excluding tert-OH is 1. The molecule has 31 heavy (non-hydrogen) atoms. The normalized spacial score (nSPS) is 12.9. The molecule has 2 N–H and O–H groups in total. The van der Waals surface area contributed by atoms with Gasteiger partial charge in [0.15, 0.2) is 0 Å². The van der Waals surface area contributed by atoms with Crippen molar-refractivity contribution >= 4 is 27.6 Å². The maximum absolute atomic E-state index is 12.5. The van der Waals surface area contributed by atoms with Gasteiger partial charge in [0.2, 0.25) is 0 Å². The van der Waals surface area contributed by atoms with E-state index in [1.807, 2.05) is 84.9 Å². The van der Waals surface area contributed by atoms with Crippen LogP contribution in [-0.2, 0) is 17.8 Å². The van der Waals surface area contributed by atoms with Gasteiger partial charge < -0.3 is 15.2 Å². The third kappa shape index (κ3) is 5.69. The Balaban J connectivity index is 1.46. The second-order valence-corrected chi connectivity index (χ2v) is 8.36. The molecule has 1 unspecified atom stereocenters. The van der Waals surface area contributed by atoms with Gasteiger partial charge in [0.25, 0.3) is 0 Å². The Morgan fingerprint density at radius 3 is 2.29 bits per heavy atom. The first-order valence-electron chi connectivity index (χ1n) is 10.2. The van der Waals surface area contributed by atoms with Gasteiger partial charge in [0.05, 0.1) is 16.3 Å². The number of carbonyl (C=O) groups is 1. The Morgan fingerprint density at radius 1 is 0.935 bits per heavy atom. The Bertz CT molecular complexity index is 1080. The van der Waals surface area contributed by atoms with E-state index in [9.17, 15) is 9.90 Å². The van der Waals surface area contributed by atoms with Gasteiger partial charge in [-0.3, -0.25) is 0 Å². The molecule has 158 valence electrons. The lowest BCUT2D eigenvalue weighted by molar-refractivity contribution is 0.0987. The van der Waals surface area contributed by atoms with E-state index in [0.29, 0.717) is 17.8 Å². The zero-order chi connectivity index (χ0) is 21.5. The molecule has 2 atom stereocenters. The minimum Gasteiger partial charge on any atom is -0.445 e. The molecule has 0 aliphatic rings. The molecule has 4 aromatic rings. The summed E-state index contributed by atoms with van der Waals surface area (Å²) >= 11 is 1.44. The number of amides is 1. The fourth-order valence-corrected chi connectivity index (χ4v) is 4.40. The minimum absolute atomic E-state index is 0.176. The van der Waals surface area contributed by atoms with E-state index < -0.39 is 18.2 Å². The van der Waals surface area contributed by atoms with Crippen molar-refractivity contribution in [3.63, 3.8) is 0 Å². The van der Waals surface area contributed by atoms with Crippen LogP contribution in [0.5, 0.6) is 0 Å². The number of aryl methyl sites for hydroxylation is 1. The van der Waals surface area contributed by atoms with Crippen LogP contribution < -0.4 is 5.32 Å². The molecule has 0 aliphatic heterocycles. The van der Waals surface area contributed by atoms with Crippen molar-refractivity contribution in [2.24, 2.45) is 0 Å². The zero-order valence-electron chi connectivity index (χ0n) is 17.0. The number of carbonyl (C=O) groups excluding carboxylic acids is 1. The molecule has 0 saturated heterocycles. The fraction of sp³-hybridized carbons (Fsp3) is 0.200. The summed E-state index contributed by atoms with van der Waals surface area (Å²) in [5.41, 5.74) is 2.89. The summed E-state index contributed by atoms with van der Waals surface area (Å²) in [7, 11) is 0. The number of aromatic nitrogens is 1. The second-order valence-electron chi connectivity index (χ2n) is 7.30. The van der Waals surface area contributed by atoms with Gasteiger partial charge in [-0.25, -0.2) is 9.78 Å². The first-order chi connectivity index (χ1) is 15.2. The lowest BCUT2D eigenvalue weighted by atomic mass is 10.0. The highest BCUT2D eigenvalue weighted by Gasteiger charge is 2.26. The lowest BCUT2D eigenvalue weighted by Crippen LogP contribution is -2.40. The molecule has 0 bridgehead atoms. The van der Waals surface area contributed by atoms with Crippen molar-refractivity contribution in [3.8, 4) is 0 Å². The average molecular weight is 433 g/mol. The first-order valence-corrected chi connectivity index (χ1v) is 11.1. The van der Waals surface area contributed by atoms with Gasteiger partial charge in [-0.05, 0) is 36.1 Å². The van der Waals surface area contributed by atoms with Crippen LogP contribution in [0.25, 0.3) is 10.2 Å². The number of ether oxygens (including phenoxy) is 1. The third-order valence-electron chi connectivity index (χ3n) is 5.05. The van der Waals surface area contributed by atoms with E-state index in [4.69, 9.17) is 4.74 Å². The number of aliphatic hydroxyl groups is 1. The Hall–Kier alpha value is -3.22. The van der Waals surface area contributed by atoms with Gasteiger partial charge in [0.1, 0.15) is 17.7 Å². The predicted octanol–water partition coefficient (Wildman–Crippen LogP) is 5.26. The van der Waals surface area contributed by atoms with Crippen molar-refractivity contribution in [3.05, 3.63) is 101 Å². The molecule has 0 spiro atoms. The van der Waals surface area contributed by atoms with Gasteiger partial charge in [-0.2, -0.15) is 0 Å². The molecule has 1 heterocycles. The van der Waals surface area contributed by atoms with Crippen LogP contribution in [-0.4, -0.2) is 22.2 Å². The standard InChI is InChI=1S/C25H24N2O3S/c28-23(24-26-20-13-7-8-14-22(20)31-24)21(16-15-18-9-3-1-4-10-18)27-25(29)30-17-19-11-5-2-6-12-19/h1-14,21,23,28H,15-17H2,(H,27,29)/t21-,23?/m1/s1. The molecule has 0 aliphatic carbocycles. The van der Waals surface area contributed by atoms with Gasteiger partial charge in [-0.15, -0.1) is 11.3 Å². The van der Waals surface area contributed by atoms with Crippen molar-refractivity contribution in [1.29, 1.82) is 0 Å². The number of benzene rings is 3. The van der Waals surface area contributed by atoms with Gasteiger partial charge in [-0.1, -0.05) is 72.8 Å². The van der Waals surface area contributed by atoms with Crippen LogP contribution >= 0.6 is 11.3 Å². The summed E-state index contributed by atoms with van der Waals surface area (Å²) in [6, 6.07) is 26.8. The number of para-hydroxylation sites is 1. The van der Waals surface area contributed by atoms with Crippen LogP contribution in [0.2, 0.25) is 0 Å². The van der Waals surface area contributed by atoms with Crippen LogP contribution in [0.1, 0.15) is 28.7 Å². The Morgan fingerprint density at radius 2 is 1.58 bits per heavy atom. The minimum atomic E-state index is -0.926. The highest BCUT2D eigenvalue weighted by molar-refractivity contribution is 7.18. The number of fused-ring (bicyclic) bond motifs is 1. The van der Waals surface area contributed by atoms with E-state index in [2.05, 4.69) is 10.3 Å². The molecule has 4 rings (SSSR count). The summed E-state index contributed by atoms with van der Waals surface area (Å²) in [5, 5.41) is 14.5. The molecule has 3 aromatic carbocycles. The van der Waals surface area contributed by atoms with E-state index >= 15 is 0 Å². The van der Waals surface area contributed by atoms with Crippen LogP contribution in [0.4, 0.5) is 4.79 Å². The number of rotatable bonds is 8. The van der Waals surface area contributed by atoms with Gasteiger partial charge in [0, 0.05) is 0 Å². The Kier molecular flexibility index (Phi) is 6.92. The summed E-state index contributed by atoms with van der Waals surface area (Å²) in [6.45, 7) is 0.176. The smallest absolute Gasteiger partial charge is 0.407 e. The average Bonchev–Trinajstić information content (AvgIpc) is 3.26. The predicted molar refractivity (Wildman–Crippen MR) is 123 cm³/mol. The number of hydrogen-bond acceptors (Lipinski definition) is 5. The number of hydrogen-bond donors (Lipinski definition) is 2. The second kappa shape index (κ2) is 10.2. The van der Waals surface area contributed by atoms with Crippen LogP contribution in [0.3, 0.4) is 0 Å². The van der Waals surface area contributed by atoms with E-state index in [1.54, 1.807) is 0 Å². The van der Waals surface area contributed by atoms with Crippen LogP contribution in [0, 0.1) is 0 Å². The lowest BCUT2D eigenvalue weighted by Gasteiger charge is -2.22. The van der Waals surface area contributed by atoms with Gasteiger partial charge >= 0.3 is 6.09 Å². The maximum Gasteiger partial charge on any atom is 0.407 e. The summed E-state index contributed by atoms with van der Waals surface area (Å²) in [5.74, 6) is 0. The molecule has 5 nitrogen and oxygen atoms in total. The molecular weight excluding hydrogens is 408 g/mol. The van der Waals surface area contributed by atoms with Crippen molar-refractivity contribution in [2.75, 3.05) is 0 Å². The third-order valence-corrected chi connectivity index (χ3v) is 6.15. The van der Waals surface area contributed by atoms with Crippen molar-refractivity contribution < 1.29 is 14.6 Å². The quantitative estimate of drug-likeness (QED) is 0.399. The summed E-state index contributed by atoms with van der Waals surface area (Å²) in [4.78, 5) is 17.1. The van der Waals surface area contributed by atoms with Crippen molar-refractivity contribution in [1.82, 2.24) is 10.3 Å². The number of nitrogens with zero attached hydrogens (tertiary/aromatic N) is 1. The highest BCUT2D eigenvalue weighted by atomic mass is 32.1. The topological polar surface area (TPSA) is 71.5 Å². The first kappa shape index (κ1) is 21.0. The van der Waals surface area contributed by atoms with Crippen LogP contribution in [0.15, 0.2) is 84.9 Å². The molecule has 0 saturated carbocycles. The SMILES string of the molecule is O=C(N[C@H](CCc1ccccc1)C(O)c1nc2ccccc2s1)OCc1ccccc1. The van der Waals surface area contributed by atoms with E-state index in [0.717, 1.165) is 21.3 Å². The Labute approximate surface area is 185 Å². The van der Waals surface area contributed by atoms with E-state index in [1.165, 1.54) is 11.3 Å². The maximum atomic E-state index is 12.5. The molecular formula is C25H24N2O3S. The highest BCUT2D eigenvalue weighted by Crippen LogP contribution is 2.29.